The zero-order valence-electron chi connectivity index (χ0n) is 17.6. The van der Waals surface area contributed by atoms with Crippen LogP contribution in [0.3, 0.4) is 0 Å². The minimum atomic E-state index is -0.411. The topological polar surface area (TPSA) is 93.9 Å². The Kier molecular flexibility index (Phi) is 4.41. The van der Waals surface area contributed by atoms with Crippen LogP contribution in [0.2, 0.25) is 0 Å². The molecule has 2 bridgehead atoms. The Hall–Kier alpha value is -3.43. The number of hydrogen-bond donors (Lipinski definition) is 1. The van der Waals surface area contributed by atoms with Gasteiger partial charge in [-0.25, -0.2) is 18.9 Å². The van der Waals surface area contributed by atoms with Gasteiger partial charge in [0.2, 0.25) is 5.88 Å². The molecule has 5 heterocycles. The van der Waals surface area contributed by atoms with E-state index in [4.69, 9.17) is 14.5 Å². The molecule has 166 valence electrons. The van der Waals surface area contributed by atoms with E-state index in [1.165, 1.54) is 18.5 Å². The molecule has 3 aliphatic rings. The van der Waals surface area contributed by atoms with Crippen molar-refractivity contribution in [1.29, 1.82) is 0 Å². The van der Waals surface area contributed by atoms with Gasteiger partial charge < -0.3 is 19.7 Å². The van der Waals surface area contributed by atoms with Crippen molar-refractivity contribution < 1.29 is 18.7 Å². The number of rotatable bonds is 0. The first-order valence-electron chi connectivity index (χ1n) is 11.0. The number of carbonyl (C=O) groups excluding carboxylic acids is 1. The molecular weight excluding hydrogens is 415 g/mol. The highest BCUT2D eigenvalue weighted by Crippen LogP contribution is 2.42. The average molecular weight is 438 g/mol. The summed E-state index contributed by atoms with van der Waals surface area (Å²) in [5.41, 5.74) is 1.53. The van der Waals surface area contributed by atoms with Crippen LogP contribution in [0.1, 0.15) is 48.5 Å². The lowest BCUT2D eigenvalue weighted by Gasteiger charge is -2.39. The van der Waals surface area contributed by atoms with Gasteiger partial charge in [0.15, 0.2) is 17.2 Å². The number of carbonyl (C=O) groups is 1. The van der Waals surface area contributed by atoms with Crippen molar-refractivity contribution >= 4 is 17.4 Å². The summed E-state index contributed by atoms with van der Waals surface area (Å²) < 4.78 is 28.1. The first kappa shape index (κ1) is 19.3. The highest BCUT2D eigenvalue weighted by Gasteiger charge is 2.41. The Balaban J connectivity index is 1.53. The summed E-state index contributed by atoms with van der Waals surface area (Å²) in [6.45, 7) is 2.70. The van der Waals surface area contributed by atoms with E-state index in [-0.39, 0.29) is 24.2 Å². The highest BCUT2D eigenvalue weighted by molar-refractivity contribution is 5.99. The molecule has 0 unspecified atom stereocenters. The maximum absolute atomic E-state index is 14.2. The lowest BCUT2D eigenvalue weighted by Crippen LogP contribution is -2.47. The quantitative estimate of drug-likeness (QED) is 0.576. The van der Waals surface area contributed by atoms with Gasteiger partial charge >= 0.3 is 0 Å². The molecule has 0 radical (unpaired) electrons. The van der Waals surface area contributed by atoms with Gasteiger partial charge in [-0.2, -0.15) is 5.10 Å². The zero-order chi connectivity index (χ0) is 21.8. The molecule has 6 rings (SSSR count). The van der Waals surface area contributed by atoms with E-state index in [2.05, 4.69) is 20.3 Å². The molecule has 1 saturated carbocycles. The Bertz CT molecular complexity index is 1210. The number of ether oxygens (including phenoxy) is 2. The summed E-state index contributed by atoms with van der Waals surface area (Å²) in [5.74, 6) is 0.972. The monoisotopic (exact) mass is 438 g/mol. The van der Waals surface area contributed by atoms with Gasteiger partial charge in [0.25, 0.3) is 5.91 Å². The van der Waals surface area contributed by atoms with Crippen LogP contribution in [-0.2, 0) is 6.54 Å². The third kappa shape index (κ3) is 3.12. The number of fused-ring (bicyclic) bond motifs is 3. The van der Waals surface area contributed by atoms with Crippen molar-refractivity contribution in [3.05, 3.63) is 41.6 Å². The summed E-state index contributed by atoms with van der Waals surface area (Å²) in [4.78, 5) is 24.0. The molecule has 10 heteroatoms. The third-order valence-corrected chi connectivity index (χ3v) is 6.44. The molecule has 1 aliphatic carbocycles. The molecule has 1 amide bonds. The minimum absolute atomic E-state index is 0.0174. The van der Waals surface area contributed by atoms with Crippen LogP contribution in [0.15, 0.2) is 24.7 Å². The number of halogens is 1. The van der Waals surface area contributed by atoms with Gasteiger partial charge in [-0.1, -0.05) is 0 Å². The third-order valence-electron chi connectivity index (χ3n) is 6.44. The van der Waals surface area contributed by atoms with Crippen molar-refractivity contribution in [3.8, 4) is 11.6 Å². The summed E-state index contributed by atoms with van der Waals surface area (Å²) >= 11 is 0. The van der Waals surface area contributed by atoms with Crippen LogP contribution >= 0.6 is 0 Å². The first-order chi connectivity index (χ1) is 15.6. The van der Waals surface area contributed by atoms with Crippen molar-refractivity contribution in [3.63, 3.8) is 0 Å². The van der Waals surface area contributed by atoms with Crippen LogP contribution in [0.4, 0.5) is 10.2 Å². The number of hydrogen-bond acceptors (Lipinski definition) is 7. The molecule has 3 aromatic rings. The largest absolute Gasteiger partial charge is 0.483 e. The molecule has 2 aliphatic heterocycles. The van der Waals surface area contributed by atoms with Gasteiger partial charge in [0, 0.05) is 18.5 Å². The summed E-state index contributed by atoms with van der Waals surface area (Å²) in [7, 11) is 0. The van der Waals surface area contributed by atoms with Crippen molar-refractivity contribution in [2.24, 2.45) is 0 Å². The van der Waals surface area contributed by atoms with E-state index >= 15 is 0 Å². The fourth-order valence-electron chi connectivity index (χ4n) is 4.85. The maximum Gasteiger partial charge on any atom is 0.256 e. The van der Waals surface area contributed by atoms with Crippen molar-refractivity contribution in [2.45, 2.75) is 57.4 Å². The Morgan fingerprint density at radius 2 is 2.12 bits per heavy atom. The van der Waals surface area contributed by atoms with Crippen LogP contribution in [0, 0.1) is 5.82 Å². The van der Waals surface area contributed by atoms with E-state index in [9.17, 15) is 9.18 Å². The van der Waals surface area contributed by atoms with E-state index in [1.54, 1.807) is 10.7 Å². The molecule has 32 heavy (non-hydrogen) atoms. The Morgan fingerprint density at radius 3 is 3.03 bits per heavy atom. The SMILES string of the molecule is C[C@@H]1CCNC(=O)c2cnn3cc4c(nc23)N(Cc2cc(F)cnc2O1)[C@@H]1CCC[C@@H]1O4. The highest BCUT2D eigenvalue weighted by atomic mass is 19.1. The number of amides is 1. The lowest BCUT2D eigenvalue weighted by molar-refractivity contribution is 0.0948. The molecule has 1 fully saturated rings. The van der Waals surface area contributed by atoms with Crippen LogP contribution < -0.4 is 19.7 Å². The van der Waals surface area contributed by atoms with Crippen LogP contribution in [0.5, 0.6) is 11.6 Å². The molecule has 0 saturated heterocycles. The fraction of sp³-hybridized carbons (Fsp3) is 0.455. The number of pyridine rings is 1. The molecular formula is C22H23FN6O3. The summed E-state index contributed by atoms with van der Waals surface area (Å²) in [6, 6.07) is 1.57. The van der Waals surface area contributed by atoms with Crippen LogP contribution in [-0.4, -0.2) is 50.3 Å². The maximum atomic E-state index is 14.2. The van der Waals surface area contributed by atoms with E-state index in [0.717, 1.165) is 19.3 Å². The fourth-order valence-corrected chi connectivity index (χ4v) is 4.85. The minimum Gasteiger partial charge on any atom is -0.483 e. The molecule has 3 aromatic heterocycles. The zero-order valence-corrected chi connectivity index (χ0v) is 17.6. The molecule has 9 nitrogen and oxygen atoms in total. The smallest absolute Gasteiger partial charge is 0.256 e. The predicted molar refractivity (Wildman–Crippen MR) is 112 cm³/mol. The van der Waals surface area contributed by atoms with E-state index in [1.807, 2.05) is 6.92 Å². The van der Waals surface area contributed by atoms with Crippen molar-refractivity contribution in [2.75, 3.05) is 11.4 Å². The Morgan fingerprint density at radius 1 is 1.22 bits per heavy atom. The van der Waals surface area contributed by atoms with Crippen LogP contribution in [0.25, 0.3) is 5.65 Å². The van der Waals surface area contributed by atoms with Gasteiger partial charge in [-0.3, -0.25) is 4.79 Å². The lowest BCUT2D eigenvalue weighted by atomic mass is 10.1. The second-order valence-corrected chi connectivity index (χ2v) is 8.63. The summed E-state index contributed by atoms with van der Waals surface area (Å²) in [5, 5.41) is 7.23. The van der Waals surface area contributed by atoms with Gasteiger partial charge in [-0.15, -0.1) is 0 Å². The van der Waals surface area contributed by atoms with Gasteiger partial charge in [0.05, 0.1) is 37.3 Å². The van der Waals surface area contributed by atoms with Crippen molar-refractivity contribution in [1.82, 2.24) is 24.9 Å². The summed E-state index contributed by atoms with van der Waals surface area (Å²) in [6.07, 6.45) is 7.76. The van der Waals surface area contributed by atoms with E-state index < -0.39 is 5.82 Å². The molecule has 1 N–H and O–H groups in total. The van der Waals surface area contributed by atoms with Gasteiger partial charge in [0.1, 0.15) is 17.5 Å². The standard InChI is InChI=1S/C22H23FN6O3/c1-12-5-6-24-21(30)15-9-26-29-11-18-20(27-19(15)29)28(16-3-2-4-17(16)32-18)10-13-7-14(23)8-25-22(13)31-12/h7-9,11-12,16-17H,2-6,10H2,1H3,(H,24,30)/t12-,16-,17+/m1/s1. The first-order valence-corrected chi connectivity index (χ1v) is 11.0. The van der Waals surface area contributed by atoms with Gasteiger partial charge in [-0.05, 0) is 32.3 Å². The second kappa shape index (κ2) is 7.32. The number of nitrogens with zero attached hydrogens (tertiary/aromatic N) is 5. The van der Waals surface area contributed by atoms with E-state index in [0.29, 0.717) is 53.7 Å². The molecule has 0 spiro atoms. The predicted octanol–water partition coefficient (Wildman–Crippen LogP) is 2.48. The normalized spacial score (nSPS) is 24.9. The Labute approximate surface area is 183 Å². The number of anilines is 1. The molecule has 0 aromatic carbocycles. The average Bonchev–Trinajstić information content (AvgIpc) is 3.40. The second-order valence-electron chi connectivity index (χ2n) is 8.63. The number of nitrogens with one attached hydrogen (secondary N) is 1. The number of aromatic nitrogens is 4. The molecule has 3 atom stereocenters.